The highest BCUT2D eigenvalue weighted by molar-refractivity contribution is 6.31. The standard InChI is InChI=1S/C9H9ClN2O2/c10-9-8(12(13)14)5-6-3-1-2-4-7(6)11-9/h5H,1-4H2. The van der Waals surface area contributed by atoms with Crippen molar-refractivity contribution < 1.29 is 4.92 Å². The predicted octanol–water partition coefficient (Wildman–Crippen LogP) is 2.52. The van der Waals surface area contributed by atoms with Crippen LogP contribution in [0.1, 0.15) is 24.1 Å². The van der Waals surface area contributed by atoms with Gasteiger partial charge in [0.15, 0.2) is 0 Å². The molecule has 14 heavy (non-hydrogen) atoms. The Morgan fingerprint density at radius 3 is 2.86 bits per heavy atom. The van der Waals surface area contributed by atoms with Crippen LogP contribution in [0.15, 0.2) is 6.07 Å². The number of aromatic nitrogens is 1. The first-order chi connectivity index (χ1) is 6.68. The van der Waals surface area contributed by atoms with E-state index in [1.165, 1.54) is 0 Å². The summed E-state index contributed by atoms with van der Waals surface area (Å²) < 4.78 is 0. The molecule has 0 atom stereocenters. The topological polar surface area (TPSA) is 56.0 Å². The third-order valence-electron chi connectivity index (χ3n) is 2.43. The van der Waals surface area contributed by atoms with Crippen molar-refractivity contribution >= 4 is 17.3 Å². The minimum atomic E-state index is -0.482. The molecule has 2 rings (SSSR count). The zero-order valence-corrected chi connectivity index (χ0v) is 8.25. The quantitative estimate of drug-likeness (QED) is 0.408. The van der Waals surface area contributed by atoms with Gasteiger partial charge in [0.25, 0.3) is 0 Å². The number of aryl methyl sites for hydroxylation is 2. The van der Waals surface area contributed by atoms with Crippen molar-refractivity contribution in [2.45, 2.75) is 25.7 Å². The summed E-state index contributed by atoms with van der Waals surface area (Å²) in [6.07, 6.45) is 3.93. The van der Waals surface area contributed by atoms with Gasteiger partial charge < -0.3 is 0 Å². The van der Waals surface area contributed by atoms with E-state index in [2.05, 4.69) is 4.98 Å². The molecule has 1 aliphatic carbocycles. The fourth-order valence-electron chi connectivity index (χ4n) is 1.72. The average molecular weight is 213 g/mol. The maximum atomic E-state index is 10.6. The molecule has 0 aromatic carbocycles. The molecule has 0 radical (unpaired) electrons. The molecule has 1 aromatic rings. The molecule has 0 fully saturated rings. The summed E-state index contributed by atoms with van der Waals surface area (Å²) in [7, 11) is 0. The first-order valence-corrected chi connectivity index (χ1v) is 4.89. The van der Waals surface area contributed by atoms with Crippen molar-refractivity contribution in [2.75, 3.05) is 0 Å². The van der Waals surface area contributed by atoms with Crippen LogP contribution in [-0.4, -0.2) is 9.91 Å². The number of halogens is 1. The summed E-state index contributed by atoms with van der Waals surface area (Å²) in [6.45, 7) is 0. The highest BCUT2D eigenvalue weighted by Crippen LogP contribution is 2.28. The van der Waals surface area contributed by atoms with Crippen LogP contribution in [0.5, 0.6) is 0 Å². The van der Waals surface area contributed by atoms with Crippen LogP contribution in [0.4, 0.5) is 5.69 Å². The SMILES string of the molecule is O=[N+]([O-])c1cc2c(nc1Cl)CCCC2. The van der Waals surface area contributed by atoms with Crippen molar-refractivity contribution in [3.8, 4) is 0 Å². The van der Waals surface area contributed by atoms with Crippen molar-refractivity contribution in [3.63, 3.8) is 0 Å². The van der Waals surface area contributed by atoms with E-state index in [1.54, 1.807) is 6.07 Å². The van der Waals surface area contributed by atoms with Gasteiger partial charge in [-0.05, 0) is 31.2 Å². The third-order valence-corrected chi connectivity index (χ3v) is 2.71. The van der Waals surface area contributed by atoms with Gasteiger partial charge in [-0.1, -0.05) is 11.6 Å². The van der Waals surface area contributed by atoms with Crippen LogP contribution in [0.3, 0.4) is 0 Å². The zero-order chi connectivity index (χ0) is 10.1. The molecular weight excluding hydrogens is 204 g/mol. The lowest BCUT2D eigenvalue weighted by Crippen LogP contribution is -2.06. The number of rotatable bonds is 1. The molecule has 0 N–H and O–H groups in total. The lowest BCUT2D eigenvalue weighted by Gasteiger charge is -2.13. The van der Waals surface area contributed by atoms with Gasteiger partial charge >= 0.3 is 5.69 Å². The summed E-state index contributed by atoms with van der Waals surface area (Å²) in [5, 5.41) is 10.6. The minimum Gasteiger partial charge on any atom is -0.258 e. The number of hydrogen-bond donors (Lipinski definition) is 0. The van der Waals surface area contributed by atoms with Crippen LogP contribution in [0.2, 0.25) is 5.15 Å². The number of nitro groups is 1. The Morgan fingerprint density at radius 1 is 1.43 bits per heavy atom. The average Bonchev–Trinajstić information content (AvgIpc) is 2.16. The van der Waals surface area contributed by atoms with Gasteiger partial charge in [0, 0.05) is 11.8 Å². The van der Waals surface area contributed by atoms with Gasteiger partial charge in [0.05, 0.1) is 4.92 Å². The molecule has 4 nitrogen and oxygen atoms in total. The third kappa shape index (κ3) is 1.57. The van der Waals surface area contributed by atoms with Crippen LogP contribution in [0.25, 0.3) is 0 Å². The Kier molecular flexibility index (Phi) is 2.37. The van der Waals surface area contributed by atoms with E-state index in [0.29, 0.717) is 0 Å². The number of pyridine rings is 1. The van der Waals surface area contributed by atoms with Gasteiger partial charge in [-0.2, -0.15) is 0 Å². The second-order valence-electron chi connectivity index (χ2n) is 3.37. The predicted molar refractivity (Wildman–Crippen MR) is 52.5 cm³/mol. The number of nitrogens with zero attached hydrogens (tertiary/aromatic N) is 2. The lowest BCUT2D eigenvalue weighted by atomic mass is 9.96. The van der Waals surface area contributed by atoms with Crippen molar-refractivity contribution in [2.24, 2.45) is 0 Å². The molecule has 0 spiro atoms. The Morgan fingerprint density at radius 2 is 2.14 bits per heavy atom. The van der Waals surface area contributed by atoms with Crippen LogP contribution in [-0.2, 0) is 12.8 Å². The number of hydrogen-bond acceptors (Lipinski definition) is 3. The van der Waals surface area contributed by atoms with E-state index >= 15 is 0 Å². The van der Waals surface area contributed by atoms with Crippen LogP contribution in [0, 0.1) is 10.1 Å². The lowest BCUT2D eigenvalue weighted by molar-refractivity contribution is -0.385. The molecule has 5 heteroatoms. The summed E-state index contributed by atoms with van der Waals surface area (Å²) in [6, 6.07) is 1.56. The van der Waals surface area contributed by atoms with Gasteiger partial charge in [-0.15, -0.1) is 0 Å². The normalized spacial score (nSPS) is 14.9. The Labute approximate surface area is 86.1 Å². The van der Waals surface area contributed by atoms with E-state index in [-0.39, 0.29) is 10.8 Å². The van der Waals surface area contributed by atoms with Gasteiger partial charge in [-0.3, -0.25) is 10.1 Å². The molecule has 1 aromatic heterocycles. The molecule has 0 saturated heterocycles. The van der Waals surface area contributed by atoms with Gasteiger partial charge in [0.1, 0.15) is 0 Å². The van der Waals surface area contributed by atoms with E-state index in [9.17, 15) is 10.1 Å². The molecule has 0 aliphatic heterocycles. The van der Waals surface area contributed by atoms with Crippen molar-refractivity contribution in [1.82, 2.24) is 4.98 Å². The minimum absolute atomic E-state index is 0.00986. The molecular formula is C9H9ClN2O2. The molecule has 0 amide bonds. The number of fused-ring (bicyclic) bond motifs is 1. The fourth-order valence-corrected chi connectivity index (χ4v) is 1.95. The van der Waals surface area contributed by atoms with Crippen LogP contribution < -0.4 is 0 Å². The Hall–Kier alpha value is -1.16. The first kappa shape index (κ1) is 9.40. The highest BCUT2D eigenvalue weighted by atomic mass is 35.5. The molecule has 1 heterocycles. The second-order valence-corrected chi connectivity index (χ2v) is 3.73. The highest BCUT2D eigenvalue weighted by Gasteiger charge is 2.19. The molecule has 0 unspecified atom stereocenters. The zero-order valence-electron chi connectivity index (χ0n) is 7.49. The monoisotopic (exact) mass is 212 g/mol. The van der Waals surface area contributed by atoms with Gasteiger partial charge in [0.2, 0.25) is 5.15 Å². The largest absolute Gasteiger partial charge is 0.306 e. The maximum Gasteiger partial charge on any atom is 0.306 e. The summed E-state index contributed by atoms with van der Waals surface area (Å²) in [5.74, 6) is 0. The van der Waals surface area contributed by atoms with E-state index in [1.807, 2.05) is 0 Å². The van der Waals surface area contributed by atoms with Gasteiger partial charge in [-0.25, -0.2) is 4.98 Å². The maximum absolute atomic E-state index is 10.6. The van der Waals surface area contributed by atoms with E-state index in [0.717, 1.165) is 36.9 Å². The molecule has 74 valence electrons. The van der Waals surface area contributed by atoms with Crippen LogP contribution >= 0.6 is 11.6 Å². The first-order valence-electron chi connectivity index (χ1n) is 4.51. The second kappa shape index (κ2) is 3.53. The smallest absolute Gasteiger partial charge is 0.258 e. The Balaban J connectivity index is 2.50. The Bertz CT molecular complexity index is 393. The molecule has 0 bridgehead atoms. The van der Waals surface area contributed by atoms with E-state index < -0.39 is 4.92 Å². The summed E-state index contributed by atoms with van der Waals surface area (Å²) >= 11 is 5.70. The van der Waals surface area contributed by atoms with Crippen molar-refractivity contribution in [3.05, 3.63) is 32.6 Å². The summed E-state index contributed by atoms with van der Waals surface area (Å²) in [4.78, 5) is 14.2. The molecule has 0 saturated carbocycles. The van der Waals surface area contributed by atoms with Crippen molar-refractivity contribution in [1.29, 1.82) is 0 Å². The summed E-state index contributed by atoms with van der Waals surface area (Å²) in [5.41, 5.74) is 1.83. The van der Waals surface area contributed by atoms with E-state index in [4.69, 9.17) is 11.6 Å². The fraction of sp³-hybridized carbons (Fsp3) is 0.444. The molecule has 1 aliphatic rings.